The van der Waals surface area contributed by atoms with Crippen LogP contribution >= 0.6 is 0 Å². The van der Waals surface area contributed by atoms with Crippen molar-refractivity contribution in [1.82, 2.24) is 10.2 Å². The van der Waals surface area contributed by atoms with Gasteiger partial charge in [-0.1, -0.05) is 18.2 Å². The van der Waals surface area contributed by atoms with Crippen LogP contribution in [0.3, 0.4) is 0 Å². The second kappa shape index (κ2) is 6.69. The van der Waals surface area contributed by atoms with Gasteiger partial charge in [-0.2, -0.15) is 0 Å². The van der Waals surface area contributed by atoms with Crippen molar-refractivity contribution in [3.05, 3.63) is 34.9 Å². The fourth-order valence-electron chi connectivity index (χ4n) is 2.87. The first-order valence-electron chi connectivity index (χ1n) is 7.98. The Labute approximate surface area is 133 Å². The predicted molar refractivity (Wildman–Crippen MR) is 89.0 cm³/mol. The maximum atomic E-state index is 11.9. The van der Waals surface area contributed by atoms with E-state index in [4.69, 9.17) is 4.74 Å². The molecule has 2 rings (SSSR count). The summed E-state index contributed by atoms with van der Waals surface area (Å²) in [6, 6.07) is 6.87. The van der Waals surface area contributed by atoms with E-state index >= 15 is 0 Å². The molecule has 0 fully saturated rings. The predicted octanol–water partition coefficient (Wildman–Crippen LogP) is 3.13. The van der Waals surface area contributed by atoms with E-state index in [1.807, 2.05) is 20.8 Å². The van der Waals surface area contributed by atoms with Crippen LogP contribution in [0.1, 0.15) is 43.9 Å². The lowest BCUT2D eigenvalue weighted by Gasteiger charge is -2.28. The van der Waals surface area contributed by atoms with E-state index < -0.39 is 5.60 Å². The standard InChI is InChI=1S/C18H28N2O2/c1-18(2,3)22-17(21)19-16-9-8-14-10-13(12-20(4)5)6-7-15(14)11-16/h6-7,10,16H,8-9,11-12H2,1-5H3,(H,19,21). The third kappa shape index (κ3) is 5.02. The highest BCUT2D eigenvalue weighted by Gasteiger charge is 2.23. The van der Waals surface area contributed by atoms with Crippen LogP contribution in [0.2, 0.25) is 0 Å². The number of hydrogen-bond acceptors (Lipinski definition) is 3. The monoisotopic (exact) mass is 304 g/mol. The molecule has 0 saturated heterocycles. The molecule has 0 aromatic heterocycles. The van der Waals surface area contributed by atoms with Gasteiger partial charge >= 0.3 is 6.09 Å². The average molecular weight is 304 g/mol. The number of rotatable bonds is 3. The Morgan fingerprint density at radius 3 is 2.68 bits per heavy atom. The van der Waals surface area contributed by atoms with Crippen LogP contribution in [0.25, 0.3) is 0 Å². The summed E-state index contributed by atoms with van der Waals surface area (Å²) in [5.74, 6) is 0. The molecule has 1 unspecified atom stereocenters. The maximum absolute atomic E-state index is 11.9. The van der Waals surface area contributed by atoms with Gasteiger partial charge < -0.3 is 15.0 Å². The van der Waals surface area contributed by atoms with Crippen molar-refractivity contribution < 1.29 is 9.53 Å². The van der Waals surface area contributed by atoms with Crippen molar-refractivity contribution in [1.29, 1.82) is 0 Å². The molecule has 0 radical (unpaired) electrons. The van der Waals surface area contributed by atoms with Crippen molar-refractivity contribution in [3.8, 4) is 0 Å². The quantitative estimate of drug-likeness (QED) is 0.933. The summed E-state index contributed by atoms with van der Waals surface area (Å²) in [6.07, 6.45) is 2.55. The molecule has 0 saturated carbocycles. The Kier molecular flexibility index (Phi) is 5.12. The molecule has 0 bridgehead atoms. The minimum atomic E-state index is -0.447. The Morgan fingerprint density at radius 2 is 2.05 bits per heavy atom. The van der Waals surface area contributed by atoms with E-state index in [1.54, 1.807) is 0 Å². The molecule has 22 heavy (non-hydrogen) atoms. The number of carbonyl (C=O) groups is 1. The van der Waals surface area contributed by atoms with E-state index in [2.05, 4.69) is 42.5 Å². The summed E-state index contributed by atoms with van der Waals surface area (Å²) >= 11 is 0. The van der Waals surface area contributed by atoms with Crippen LogP contribution in [0.4, 0.5) is 4.79 Å². The first-order valence-corrected chi connectivity index (χ1v) is 7.98. The summed E-state index contributed by atoms with van der Waals surface area (Å²) in [7, 11) is 4.17. The third-order valence-corrected chi connectivity index (χ3v) is 3.72. The van der Waals surface area contributed by atoms with Gasteiger partial charge in [-0.05, 0) is 70.8 Å². The Hall–Kier alpha value is -1.55. The number of alkyl carbamates (subject to hydrolysis) is 1. The van der Waals surface area contributed by atoms with Gasteiger partial charge in [-0.3, -0.25) is 0 Å². The van der Waals surface area contributed by atoms with E-state index in [1.165, 1.54) is 16.7 Å². The van der Waals surface area contributed by atoms with Crippen molar-refractivity contribution in [2.75, 3.05) is 14.1 Å². The second-order valence-corrected chi connectivity index (χ2v) is 7.43. The van der Waals surface area contributed by atoms with Crippen LogP contribution in [-0.2, 0) is 24.1 Å². The van der Waals surface area contributed by atoms with E-state index in [0.29, 0.717) is 0 Å². The molecular formula is C18H28N2O2. The summed E-state index contributed by atoms with van der Waals surface area (Å²) in [4.78, 5) is 14.1. The number of benzene rings is 1. The van der Waals surface area contributed by atoms with Gasteiger partial charge in [-0.25, -0.2) is 4.79 Å². The van der Waals surface area contributed by atoms with Gasteiger partial charge in [0, 0.05) is 12.6 Å². The lowest BCUT2D eigenvalue weighted by atomic mass is 9.87. The van der Waals surface area contributed by atoms with Gasteiger partial charge in [0.05, 0.1) is 0 Å². The zero-order chi connectivity index (χ0) is 16.3. The molecule has 1 aromatic rings. The fourth-order valence-corrected chi connectivity index (χ4v) is 2.87. The largest absolute Gasteiger partial charge is 0.444 e. The van der Waals surface area contributed by atoms with Crippen molar-refractivity contribution in [3.63, 3.8) is 0 Å². The normalized spacial score (nSPS) is 18.0. The molecule has 1 aliphatic rings. The molecule has 4 nitrogen and oxygen atoms in total. The lowest BCUT2D eigenvalue weighted by Crippen LogP contribution is -2.41. The van der Waals surface area contributed by atoms with Crippen molar-refractivity contribution in [2.24, 2.45) is 0 Å². The summed E-state index contributed by atoms with van der Waals surface area (Å²) in [5.41, 5.74) is 3.66. The van der Waals surface area contributed by atoms with Crippen LogP contribution in [0.15, 0.2) is 18.2 Å². The van der Waals surface area contributed by atoms with Crippen LogP contribution in [-0.4, -0.2) is 36.7 Å². The van der Waals surface area contributed by atoms with E-state index in [0.717, 1.165) is 25.8 Å². The van der Waals surface area contributed by atoms with Gasteiger partial charge in [0.2, 0.25) is 0 Å². The highest BCUT2D eigenvalue weighted by molar-refractivity contribution is 5.68. The van der Waals surface area contributed by atoms with E-state index in [9.17, 15) is 4.79 Å². The molecule has 1 atom stereocenters. The van der Waals surface area contributed by atoms with Gasteiger partial charge in [0.15, 0.2) is 0 Å². The Balaban J connectivity index is 1.96. The lowest BCUT2D eigenvalue weighted by molar-refractivity contribution is 0.0500. The molecule has 1 N–H and O–H groups in total. The van der Waals surface area contributed by atoms with Crippen molar-refractivity contribution in [2.45, 2.75) is 58.2 Å². The molecule has 1 amide bonds. The van der Waals surface area contributed by atoms with Crippen LogP contribution in [0, 0.1) is 0 Å². The fraction of sp³-hybridized carbons (Fsp3) is 0.611. The van der Waals surface area contributed by atoms with Gasteiger partial charge in [0.25, 0.3) is 0 Å². The number of aryl methyl sites for hydroxylation is 1. The third-order valence-electron chi connectivity index (χ3n) is 3.72. The highest BCUT2D eigenvalue weighted by Crippen LogP contribution is 2.23. The van der Waals surface area contributed by atoms with E-state index in [-0.39, 0.29) is 12.1 Å². The molecule has 0 spiro atoms. The number of carbonyl (C=O) groups excluding carboxylic acids is 1. The summed E-state index contributed by atoms with van der Waals surface area (Å²) in [6.45, 7) is 6.62. The zero-order valence-electron chi connectivity index (χ0n) is 14.4. The minimum absolute atomic E-state index is 0.169. The molecule has 1 aliphatic carbocycles. The second-order valence-electron chi connectivity index (χ2n) is 7.43. The van der Waals surface area contributed by atoms with Gasteiger partial charge in [-0.15, -0.1) is 0 Å². The van der Waals surface area contributed by atoms with Gasteiger partial charge in [0.1, 0.15) is 5.60 Å². The average Bonchev–Trinajstić information content (AvgIpc) is 2.35. The number of nitrogens with one attached hydrogen (secondary N) is 1. The zero-order valence-corrected chi connectivity index (χ0v) is 14.4. The Bertz CT molecular complexity index is 532. The molecule has 0 heterocycles. The number of hydrogen-bond donors (Lipinski definition) is 1. The number of amides is 1. The minimum Gasteiger partial charge on any atom is -0.444 e. The maximum Gasteiger partial charge on any atom is 0.407 e. The molecule has 122 valence electrons. The summed E-state index contributed by atoms with van der Waals surface area (Å²) in [5, 5.41) is 2.99. The van der Waals surface area contributed by atoms with Crippen LogP contribution < -0.4 is 5.32 Å². The van der Waals surface area contributed by atoms with Crippen molar-refractivity contribution >= 4 is 6.09 Å². The SMILES string of the molecule is CN(C)Cc1ccc2c(c1)CCC(NC(=O)OC(C)(C)C)C2. The summed E-state index contributed by atoms with van der Waals surface area (Å²) < 4.78 is 5.34. The number of nitrogens with zero attached hydrogens (tertiary/aromatic N) is 1. The molecule has 1 aromatic carbocycles. The molecular weight excluding hydrogens is 276 g/mol. The topological polar surface area (TPSA) is 41.6 Å². The Morgan fingerprint density at radius 1 is 1.32 bits per heavy atom. The first-order chi connectivity index (χ1) is 10.2. The smallest absolute Gasteiger partial charge is 0.407 e. The first kappa shape index (κ1) is 16.8. The number of fused-ring (bicyclic) bond motifs is 1. The highest BCUT2D eigenvalue weighted by atomic mass is 16.6. The molecule has 0 aliphatic heterocycles. The molecule has 4 heteroatoms. The van der Waals surface area contributed by atoms with Crippen LogP contribution in [0.5, 0.6) is 0 Å². The number of ether oxygens (including phenoxy) is 1.